The number of nitrogens with zero attached hydrogens (tertiary/aromatic N) is 2. The van der Waals surface area contributed by atoms with E-state index in [0.717, 1.165) is 5.56 Å². The van der Waals surface area contributed by atoms with Crippen LogP contribution in [0.1, 0.15) is 5.56 Å². The molecule has 0 bridgehead atoms. The van der Waals surface area contributed by atoms with Gasteiger partial charge >= 0.3 is 6.02 Å². The topological polar surface area (TPSA) is 63.0 Å². The summed E-state index contributed by atoms with van der Waals surface area (Å²) in [5.41, 5.74) is 0.936. The molecule has 1 aromatic carbocycles. The Morgan fingerprint density at radius 1 is 1.33 bits per heavy atom. The lowest BCUT2D eigenvalue weighted by molar-refractivity contribution is -0.119. The molecule has 1 aliphatic rings. The maximum absolute atomic E-state index is 10.7. The first kappa shape index (κ1) is 9.39. The molecule has 0 atom stereocenters. The molecule has 0 aliphatic carbocycles. The predicted octanol–water partition coefficient (Wildman–Crippen LogP) is 0.523. The van der Waals surface area contributed by atoms with Gasteiger partial charge in [-0.15, -0.1) is 0 Å². The molecule has 5 heteroatoms. The zero-order valence-corrected chi connectivity index (χ0v) is 7.88. The molecule has 15 heavy (non-hydrogen) atoms. The van der Waals surface area contributed by atoms with E-state index < -0.39 is 0 Å². The molecule has 5 nitrogen and oxygen atoms in total. The molecule has 0 unspecified atom stereocenters. The van der Waals surface area contributed by atoms with Crippen LogP contribution in [-0.4, -0.2) is 24.8 Å². The molecule has 1 heterocycles. The highest BCUT2D eigenvalue weighted by Gasteiger charge is 2.16. The smallest absolute Gasteiger partial charge is 0.316 e. The van der Waals surface area contributed by atoms with Gasteiger partial charge in [-0.3, -0.25) is 10.1 Å². The van der Waals surface area contributed by atoms with Gasteiger partial charge in [-0.25, -0.2) is 0 Å². The van der Waals surface area contributed by atoms with Gasteiger partial charge in [0.25, 0.3) is 5.91 Å². The molecule has 1 aliphatic heterocycles. The highest BCUT2D eigenvalue weighted by Crippen LogP contribution is 1.95. The highest BCUT2D eigenvalue weighted by atomic mass is 16.5. The molecule has 0 radical (unpaired) electrons. The lowest BCUT2D eigenvalue weighted by Crippen LogP contribution is -2.20. The van der Waals surface area contributed by atoms with Crippen LogP contribution < -0.4 is 5.32 Å². The van der Waals surface area contributed by atoms with Crippen molar-refractivity contribution in [1.82, 2.24) is 5.32 Å². The van der Waals surface area contributed by atoms with Crippen LogP contribution in [0.15, 0.2) is 40.5 Å². The number of carbonyl (C=O) groups excluding carboxylic acids is 1. The molecule has 0 aromatic heterocycles. The van der Waals surface area contributed by atoms with Crippen LogP contribution in [0.3, 0.4) is 0 Å². The van der Waals surface area contributed by atoms with Crippen LogP contribution in [-0.2, 0) is 9.53 Å². The van der Waals surface area contributed by atoms with Gasteiger partial charge in [-0.2, -0.15) is 5.10 Å². The van der Waals surface area contributed by atoms with Crippen molar-refractivity contribution in [3.63, 3.8) is 0 Å². The SMILES string of the molecule is O=C1CO/C(=N\N=Cc2ccccc2)N1. The second-order valence-electron chi connectivity index (χ2n) is 2.90. The number of amides is 1. The predicted molar refractivity (Wildman–Crippen MR) is 55.6 cm³/mol. The van der Waals surface area contributed by atoms with Gasteiger partial charge in [0.2, 0.25) is 0 Å². The third-order valence-electron chi connectivity index (χ3n) is 1.74. The second-order valence-corrected chi connectivity index (χ2v) is 2.90. The van der Waals surface area contributed by atoms with Crippen molar-refractivity contribution in [1.29, 1.82) is 0 Å². The number of carbonyl (C=O) groups is 1. The van der Waals surface area contributed by atoms with E-state index in [4.69, 9.17) is 4.74 Å². The second kappa shape index (κ2) is 4.36. The zero-order chi connectivity index (χ0) is 10.5. The standard InChI is InChI=1S/C10H9N3O2/c14-9-7-15-10(12-9)13-11-6-8-4-2-1-3-5-8/h1-6H,7H2,(H,12,13,14). The number of hydrogen-bond donors (Lipinski definition) is 1. The Labute approximate surface area is 86.5 Å². The quantitative estimate of drug-likeness (QED) is 0.562. The van der Waals surface area contributed by atoms with Gasteiger partial charge in [0.1, 0.15) is 0 Å². The average Bonchev–Trinajstić information content (AvgIpc) is 2.66. The van der Waals surface area contributed by atoms with Gasteiger partial charge in [0.05, 0.1) is 6.21 Å². The van der Waals surface area contributed by atoms with E-state index in [1.165, 1.54) is 0 Å². The summed E-state index contributed by atoms with van der Waals surface area (Å²) in [4.78, 5) is 10.7. The third-order valence-corrected chi connectivity index (χ3v) is 1.74. The van der Waals surface area contributed by atoms with Gasteiger partial charge in [-0.05, 0) is 5.56 Å². The first-order valence-electron chi connectivity index (χ1n) is 4.43. The third kappa shape index (κ3) is 2.63. The van der Waals surface area contributed by atoms with E-state index in [9.17, 15) is 4.79 Å². The minimum atomic E-state index is -0.205. The first-order valence-corrected chi connectivity index (χ1v) is 4.43. The van der Waals surface area contributed by atoms with Crippen molar-refractivity contribution in [3.05, 3.63) is 35.9 Å². The molecule has 0 spiro atoms. The summed E-state index contributed by atoms with van der Waals surface area (Å²) in [6, 6.07) is 9.68. The van der Waals surface area contributed by atoms with Crippen LogP contribution in [0.25, 0.3) is 0 Å². The number of ether oxygens (including phenoxy) is 1. The number of nitrogens with one attached hydrogen (secondary N) is 1. The fourth-order valence-corrected chi connectivity index (χ4v) is 1.07. The number of benzene rings is 1. The molecule has 76 valence electrons. The summed E-state index contributed by atoms with van der Waals surface area (Å²) in [5, 5.41) is 9.90. The average molecular weight is 203 g/mol. The van der Waals surface area contributed by atoms with Crippen molar-refractivity contribution < 1.29 is 9.53 Å². The van der Waals surface area contributed by atoms with Crippen LogP contribution in [0.5, 0.6) is 0 Å². The van der Waals surface area contributed by atoms with Crippen molar-refractivity contribution in [2.75, 3.05) is 6.61 Å². The lowest BCUT2D eigenvalue weighted by Gasteiger charge is -1.90. The van der Waals surface area contributed by atoms with Gasteiger partial charge in [-0.1, -0.05) is 35.4 Å². The number of hydrogen-bond acceptors (Lipinski definition) is 4. The Hall–Kier alpha value is -2.17. The maximum Gasteiger partial charge on any atom is 0.316 e. The van der Waals surface area contributed by atoms with Gasteiger partial charge in [0, 0.05) is 0 Å². The monoisotopic (exact) mass is 203 g/mol. The van der Waals surface area contributed by atoms with Crippen molar-refractivity contribution in [2.24, 2.45) is 10.2 Å². The van der Waals surface area contributed by atoms with Crippen LogP contribution in [0.2, 0.25) is 0 Å². The van der Waals surface area contributed by atoms with Crippen LogP contribution in [0, 0.1) is 0 Å². The normalized spacial score (nSPS) is 18.1. The Kier molecular flexibility index (Phi) is 2.73. The summed E-state index contributed by atoms with van der Waals surface area (Å²) < 4.78 is 4.88. The largest absolute Gasteiger partial charge is 0.454 e. The summed E-state index contributed by atoms with van der Waals surface area (Å²) in [6.45, 7) is 0.0136. The van der Waals surface area contributed by atoms with E-state index >= 15 is 0 Å². The fourth-order valence-electron chi connectivity index (χ4n) is 1.07. The molecule has 1 saturated heterocycles. The fraction of sp³-hybridized carbons (Fsp3) is 0.100. The number of amidine groups is 1. The molecular weight excluding hydrogens is 194 g/mol. The highest BCUT2D eigenvalue weighted by molar-refractivity contribution is 6.00. The van der Waals surface area contributed by atoms with E-state index in [-0.39, 0.29) is 18.5 Å². The Balaban J connectivity index is 1.98. The summed E-state index contributed by atoms with van der Waals surface area (Å²) in [7, 11) is 0. The minimum Gasteiger partial charge on any atom is -0.454 e. The van der Waals surface area contributed by atoms with E-state index in [1.807, 2.05) is 30.3 Å². The van der Waals surface area contributed by atoms with E-state index in [0.29, 0.717) is 0 Å². The maximum atomic E-state index is 10.7. The molecule has 1 aromatic rings. The lowest BCUT2D eigenvalue weighted by atomic mass is 10.2. The van der Waals surface area contributed by atoms with Gasteiger partial charge < -0.3 is 4.74 Å². The molecule has 0 saturated carbocycles. The van der Waals surface area contributed by atoms with E-state index in [1.54, 1.807) is 6.21 Å². The zero-order valence-electron chi connectivity index (χ0n) is 7.88. The molecule has 1 amide bonds. The first-order chi connectivity index (χ1) is 7.34. The van der Waals surface area contributed by atoms with E-state index in [2.05, 4.69) is 15.5 Å². The number of rotatable bonds is 2. The summed E-state index contributed by atoms with van der Waals surface area (Å²) >= 11 is 0. The molecule has 1 fully saturated rings. The van der Waals surface area contributed by atoms with Crippen LogP contribution in [0.4, 0.5) is 0 Å². The van der Waals surface area contributed by atoms with Crippen molar-refractivity contribution in [2.45, 2.75) is 0 Å². The molecule has 2 rings (SSSR count). The van der Waals surface area contributed by atoms with Gasteiger partial charge in [0.15, 0.2) is 6.61 Å². The Bertz CT molecular complexity index is 412. The summed E-state index contributed by atoms with van der Waals surface area (Å²) in [6.07, 6.45) is 1.58. The molecular formula is C10H9N3O2. The Morgan fingerprint density at radius 3 is 2.80 bits per heavy atom. The summed E-state index contributed by atoms with van der Waals surface area (Å²) in [5.74, 6) is -0.205. The Morgan fingerprint density at radius 2 is 2.13 bits per heavy atom. The van der Waals surface area contributed by atoms with Crippen molar-refractivity contribution in [3.8, 4) is 0 Å². The van der Waals surface area contributed by atoms with Crippen molar-refractivity contribution >= 4 is 18.1 Å². The van der Waals surface area contributed by atoms with Crippen LogP contribution >= 0.6 is 0 Å². The molecule has 1 N–H and O–H groups in total. The minimum absolute atomic E-state index is 0.0136.